The second kappa shape index (κ2) is 12.5. The minimum atomic E-state index is -0.979. The Morgan fingerprint density at radius 2 is 1.69 bits per heavy atom. The molecule has 0 saturated heterocycles. The lowest BCUT2D eigenvalue weighted by molar-refractivity contribution is -0.123. The van der Waals surface area contributed by atoms with Crippen molar-refractivity contribution < 1.29 is 23.5 Å². The molecule has 164 valence electrons. The summed E-state index contributed by atoms with van der Waals surface area (Å²) in [5.74, 6) is -1.41. The molecule has 1 aromatic rings. The van der Waals surface area contributed by atoms with E-state index in [1.807, 2.05) is 20.8 Å². The third-order valence-electron chi connectivity index (χ3n) is 4.71. The third-order valence-corrected chi connectivity index (χ3v) is 4.71. The van der Waals surface area contributed by atoms with Gasteiger partial charge in [-0.15, -0.1) is 0 Å². The average molecular weight is 413 g/mol. The molecule has 3 N–H and O–H groups in total. The summed E-state index contributed by atoms with van der Waals surface area (Å²) >= 11 is 0. The summed E-state index contributed by atoms with van der Waals surface area (Å²) in [6.45, 7) is 7.41. The van der Waals surface area contributed by atoms with E-state index >= 15 is 0 Å². The van der Waals surface area contributed by atoms with Crippen LogP contribution in [0.1, 0.15) is 65.4 Å². The fourth-order valence-electron chi connectivity index (χ4n) is 3.30. The normalized spacial score (nSPS) is 14.3. The second-order valence-electron chi connectivity index (χ2n) is 8.08. The number of carbonyl (C=O) groups is 2. The molecule has 0 aliphatic carbocycles. The van der Waals surface area contributed by atoms with Gasteiger partial charge < -0.3 is 15.7 Å². The summed E-state index contributed by atoms with van der Waals surface area (Å²) in [6.07, 6.45) is 2.05. The summed E-state index contributed by atoms with van der Waals surface area (Å²) in [7, 11) is 0. The first-order valence-corrected chi connectivity index (χ1v) is 10.3. The standard InChI is InChI=1S/C22H34F2N2O3/c1-5-6-19(26-22(29)8-7-14(2)3)13-21(28)20(25-15(4)27)11-16-9-17(23)12-18(24)10-16/h9-10,12,14,19-21,28H,5-8,11,13H2,1-4H3,(H,25,27)(H,26,29)/t19?,20-,21-/m0/s1. The van der Waals surface area contributed by atoms with Crippen molar-refractivity contribution in [3.05, 3.63) is 35.4 Å². The highest BCUT2D eigenvalue weighted by molar-refractivity contribution is 5.76. The first-order chi connectivity index (χ1) is 13.6. The molecule has 0 fully saturated rings. The number of nitrogens with one attached hydrogen (secondary N) is 2. The summed E-state index contributed by atoms with van der Waals surface area (Å²) in [5.41, 5.74) is 0.341. The van der Waals surface area contributed by atoms with E-state index in [2.05, 4.69) is 10.6 Å². The monoisotopic (exact) mass is 412 g/mol. The van der Waals surface area contributed by atoms with E-state index in [1.165, 1.54) is 19.1 Å². The number of hydrogen-bond acceptors (Lipinski definition) is 3. The second-order valence-corrected chi connectivity index (χ2v) is 8.08. The molecule has 0 saturated carbocycles. The average Bonchev–Trinajstić information content (AvgIpc) is 2.58. The van der Waals surface area contributed by atoms with Crippen LogP contribution in [0.3, 0.4) is 0 Å². The van der Waals surface area contributed by atoms with Crippen molar-refractivity contribution in [1.82, 2.24) is 10.6 Å². The number of aliphatic hydroxyl groups excluding tert-OH is 1. The lowest BCUT2D eigenvalue weighted by Gasteiger charge is -2.28. The third kappa shape index (κ3) is 10.4. The summed E-state index contributed by atoms with van der Waals surface area (Å²) in [6, 6.07) is 2.18. The predicted octanol–water partition coefficient (Wildman–Crippen LogP) is 3.48. The van der Waals surface area contributed by atoms with Crippen molar-refractivity contribution in [3.63, 3.8) is 0 Å². The Morgan fingerprint density at radius 3 is 2.21 bits per heavy atom. The van der Waals surface area contributed by atoms with E-state index in [0.717, 1.165) is 18.9 Å². The smallest absolute Gasteiger partial charge is 0.220 e. The fourth-order valence-corrected chi connectivity index (χ4v) is 3.30. The van der Waals surface area contributed by atoms with Crippen molar-refractivity contribution in [2.24, 2.45) is 5.92 Å². The van der Waals surface area contributed by atoms with Gasteiger partial charge in [0.15, 0.2) is 0 Å². The lowest BCUT2D eigenvalue weighted by Crippen LogP contribution is -2.47. The molecule has 2 amide bonds. The van der Waals surface area contributed by atoms with Gasteiger partial charge in [0.25, 0.3) is 0 Å². The van der Waals surface area contributed by atoms with Gasteiger partial charge in [-0.2, -0.15) is 0 Å². The van der Waals surface area contributed by atoms with Crippen molar-refractivity contribution in [2.45, 2.75) is 84.4 Å². The van der Waals surface area contributed by atoms with Crippen LogP contribution < -0.4 is 10.6 Å². The van der Waals surface area contributed by atoms with Gasteiger partial charge >= 0.3 is 0 Å². The molecular weight excluding hydrogens is 378 g/mol. The highest BCUT2D eigenvalue weighted by Gasteiger charge is 2.25. The molecule has 0 bridgehead atoms. The highest BCUT2D eigenvalue weighted by Crippen LogP contribution is 2.16. The molecule has 0 radical (unpaired) electrons. The molecular formula is C22H34F2N2O3. The predicted molar refractivity (Wildman–Crippen MR) is 109 cm³/mol. The van der Waals surface area contributed by atoms with Crippen LogP contribution in [-0.2, 0) is 16.0 Å². The molecule has 7 heteroatoms. The molecule has 5 nitrogen and oxygen atoms in total. The van der Waals surface area contributed by atoms with E-state index in [1.54, 1.807) is 0 Å². The number of aliphatic hydroxyl groups is 1. The van der Waals surface area contributed by atoms with Crippen LogP contribution >= 0.6 is 0 Å². The van der Waals surface area contributed by atoms with E-state index < -0.39 is 23.8 Å². The van der Waals surface area contributed by atoms with Gasteiger partial charge in [0.1, 0.15) is 11.6 Å². The van der Waals surface area contributed by atoms with Crippen molar-refractivity contribution in [1.29, 1.82) is 0 Å². The highest BCUT2D eigenvalue weighted by atomic mass is 19.1. The number of halogens is 2. The first kappa shape index (κ1) is 25.0. The SMILES string of the molecule is CCCC(C[C@H](O)[C@H](Cc1cc(F)cc(F)c1)NC(C)=O)NC(=O)CCC(C)C. The molecule has 1 rings (SSSR count). The summed E-state index contributed by atoms with van der Waals surface area (Å²) < 4.78 is 27.0. The molecule has 0 aliphatic rings. The van der Waals surface area contributed by atoms with Crippen molar-refractivity contribution in [3.8, 4) is 0 Å². The zero-order valence-corrected chi connectivity index (χ0v) is 17.8. The summed E-state index contributed by atoms with van der Waals surface area (Å²) in [5, 5.41) is 16.4. The maximum atomic E-state index is 13.5. The molecule has 1 unspecified atom stereocenters. The number of carbonyl (C=O) groups excluding carboxylic acids is 2. The van der Waals surface area contributed by atoms with Crippen LogP contribution in [0.4, 0.5) is 8.78 Å². The Morgan fingerprint density at radius 1 is 1.07 bits per heavy atom. The van der Waals surface area contributed by atoms with Crippen LogP contribution in [0.15, 0.2) is 18.2 Å². The van der Waals surface area contributed by atoms with E-state index in [4.69, 9.17) is 0 Å². The van der Waals surface area contributed by atoms with E-state index in [0.29, 0.717) is 24.3 Å². The Balaban J connectivity index is 2.82. The van der Waals surface area contributed by atoms with Crippen LogP contribution in [0.25, 0.3) is 0 Å². The summed E-state index contributed by atoms with van der Waals surface area (Å²) in [4.78, 5) is 23.8. The molecule has 0 aliphatic heterocycles. The molecule has 0 spiro atoms. The van der Waals surface area contributed by atoms with Gasteiger partial charge in [-0.25, -0.2) is 8.78 Å². The van der Waals surface area contributed by atoms with Crippen molar-refractivity contribution in [2.75, 3.05) is 0 Å². The number of amides is 2. The number of hydrogen-bond donors (Lipinski definition) is 3. The van der Waals surface area contributed by atoms with Crippen molar-refractivity contribution >= 4 is 11.8 Å². The van der Waals surface area contributed by atoms with Gasteiger partial charge in [0.2, 0.25) is 11.8 Å². The fraction of sp³-hybridized carbons (Fsp3) is 0.636. The first-order valence-electron chi connectivity index (χ1n) is 10.3. The van der Waals surface area contributed by atoms with Crippen LogP contribution in [0, 0.1) is 17.6 Å². The van der Waals surface area contributed by atoms with Gasteiger partial charge in [-0.05, 0) is 49.3 Å². The Bertz CT molecular complexity index is 647. The maximum Gasteiger partial charge on any atom is 0.220 e. The van der Waals surface area contributed by atoms with E-state index in [9.17, 15) is 23.5 Å². The minimum Gasteiger partial charge on any atom is -0.391 e. The molecule has 0 heterocycles. The molecule has 29 heavy (non-hydrogen) atoms. The quantitative estimate of drug-likeness (QED) is 0.492. The van der Waals surface area contributed by atoms with Gasteiger partial charge in [0, 0.05) is 25.5 Å². The molecule has 1 aromatic carbocycles. The minimum absolute atomic E-state index is 0.0624. The number of rotatable bonds is 12. The Labute approximate surface area is 172 Å². The molecule has 3 atom stereocenters. The maximum absolute atomic E-state index is 13.5. The Kier molecular flexibility index (Phi) is 10.8. The zero-order valence-electron chi connectivity index (χ0n) is 17.8. The topological polar surface area (TPSA) is 78.4 Å². The Hall–Kier alpha value is -2.02. The lowest BCUT2D eigenvalue weighted by atomic mass is 9.94. The van der Waals surface area contributed by atoms with Gasteiger partial charge in [0.05, 0.1) is 12.1 Å². The largest absolute Gasteiger partial charge is 0.391 e. The van der Waals surface area contributed by atoms with E-state index in [-0.39, 0.29) is 30.7 Å². The van der Waals surface area contributed by atoms with Crippen LogP contribution in [0.2, 0.25) is 0 Å². The molecule has 0 aromatic heterocycles. The van der Waals surface area contributed by atoms with Gasteiger partial charge in [-0.3, -0.25) is 9.59 Å². The van der Waals surface area contributed by atoms with Gasteiger partial charge in [-0.1, -0.05) is 27.2 Å². The van der Waals surface area contributed by atoms with Crippen LogP contribution in [-0.4, -0.2) is 35.1 Å². The van der Waals surface area contributed by atoms with Crippen LogP contribution in [0.5, 0.6) is 0 Å². The number of benzene rings is 1. The zero-order chi connectivity index (χ0) is 22.0.